The van der Waals surface area contributed by atoms with Crippen LogP contribution in [0.3, 0.4) is 0 Å². The molecule has 0 aliphatic heterocycles. The predicted octanol–water partition coefficient (Wildman–Crippen LogP) is 3.38. The van der Waals surface area contributed by atoms with Crippen LogP contribution in [0.25, 0.3) is 0 Å². The fraction of sp³-hybridized carbons (Fsp3) is 0.0769. The number of hydrogen-bond donors (Lipinski definition) is 0. The zero-order valence-electron chi connectivity index (χ0n) is 16.3. The molecule has 0 aromatic heterocycles. The number of methoxy groups -OCH3 is 1. The molecule has 0 aliphatic carbocycles. The van der Waals surface area contributed by atoms with Crippen molar-refractivity contribution in [1.29, 1.82) is 0 Å². The van der Waals surface area contributed by atoms with Gasteiger partial charge in [0.2, 0.25) is 0 Å². The van der Waals surface area contributed by atoms with E-state index in [-0.39, 0.29) is 0 Å². The molecule has 0 saturated carbocycles. The lowest BCUT2D eigenvalue weighted by Crippen LogP contribution is -2.74. The second kappa shape index (κ2) is 7.87. The summed E-state index contributed by atoms with van der Waals surface area (Å²) in [6.07, 6.45) is 0. The van der Waals surface area contributed by atoms with Gasteiger partial charge in [0, 0.05) is 0 Å². The molecule has 4 rings (SSSR count). The van der Waals surface area contributed by atoms with Crippen molar-refractivity contribution in [3.63, 3.8) is 0 Å². The van der Waals surface area contributed by atoms with Gasteiger partial charge in [-0.25, -0.2) is 0 Å². The Balaban J connectivity index is 2.09. The fourth-order valence-electron chi connectivity index (χ4n) is 4.02. The number of benzene rings is 4. The largest absolute Gasteiger partial charge is 0.497 e. The van der Waals surface area contributed by atoms with Gasteiger partial charge in [-0.2, -0.15) is 0 Å². The molecule has 0 atom stereocenters. The third kappa shape index (κ3) is 3.16. The van der Waals surface area contributed by atoms with Crippen LogP contribution in [0.1, 0.15) is 5.56 Å². The first-order valence-corrected chi connectivity index (χ1v) is 11.6. The van der Waals surface area contributed by atoms with E-state index in [4.69, 9.17) is 4.74 Å². The molecule has 0 bridgehead atoms. The second-order valence-corrected chi connectivity index (χ2v) is 10.9. The average Bonchev–Trinajstić information content (AvgIpc) is 2.77. The van der Waals surface area contributed by atoms with Gasteiger partial charge in [-0.3, -0.25) is 0 Å². The highest BCUT2D eigenvalue weighted by Gasteiger charge is 2.41. The molecule has 0 unspecified atom stereocenters. The van der Waals surface area contributed by atoms with Crippen LogP contribution in [0.15, 0.2) is 109 Å². The summed E-state index contributed by atoms with van der Waals surface area (Å²) in [5, 5.41) is 5.51. The Bertz CT molecular complexity index is 984. The molecule has 0 aliphatic rings. The van der Waals surface area contributed by atoms with Gasteiger partial charge in [0.05, 0.1) is 7.11 Å². The first-order valence-electron chi connectivity index (χ1n) is 9.58. The van der Waals surface area contributed by atoms with Crippen LogP contribution < -0.4 is 25.5 Å². The van der Waals surface area contributed by atoms with Gasteiger partial charge in [0.1, 0.15) is 5.75 Å². The van der Waals surface area contributed by atoms with Crippen molar-refractivity contribution in [2.24, 2.45) is 0 Å². The Labute approximate surface area is 168 Å². The van der Waals surface area contributed by atoms with Crippen LogP contribution in [0.5, 0.6) is 5.75 Å². The first kappa shape index (κ1) is 18.3. The van der Waals surface area contributed by atoms with E-state index < -0.39 is 8.07 Å². The average molecular weight is 381 g/mol. The van der Waals surface area contributed by atoms with Crippen LogP contribution in [0, 0.1) is 6.92 Å². The molecule has 0 saturated heterocycles. The Hall–Kier alpha value is -3.10. The van der Waals surface area contributed by atoms with E-state index in [9.17, 15) is 0 Å². The summed E-state index contributed by atoms with van der Waals surface area (Å²) in [6.45, 7) is 2.14. The van der Waals surface area contributed by atoms with Crippen LogP contribution in [-0.4, -0.2) is 15.2 Å². The SMILES string of the molecule is COc1ccc([Si](c2ccccc2)(c2ccccc2)c2ccc(C)cc2)cc1. The zero-order chi connectivity index (χ0) is 19.4. The maximum absolute atomic E-state index is 5.43. The highest BCUT2D eigenvalue weighted by molar-refractivity contribution is 7.19. The topological polar surface area (TPSA) is 9.23 Å². The molecule has 0 N–H and O–H groups in total. The van der Waals surface area contributed by atoms with Crippen LogP contribution in [0.2, 0.25) is 0 Å². The van der Waals surface area contributed by atoms with Crippen LogP contribution in [-0.2, 0) is 0 Å². The van der Waals surface area contributed by atoms with E-state index in [0.29, 0.717) is 0 Å². The summed E-state index contributed by atoms with van der Waals surface area (Å²) in [6, 6.07) is 39.6. The summed E-state index contributed by atoms with van der Waals surface area (Å²) < 4.78 is 5.43. The molecule has 1 nitrogen and oxygen atoms in total. The predicted molar refractivity (Wildman–Crippen MR) is 121 cm³/mol. The highest BCUT2D eigenvalue weighted by atomic mass is 28.3. The Kier molecular flexibility index (Phi) is 5.14. The Morgan fingerprint density at radius 1 is 0.500 bits per heavy atom. The Morgan fingerprint density at radius 3 is 1.32 bits per heavy atom. The standard InChI is InChI=1S/C26H24OSi/c1-21-13-17-25(18-14-21)28(23-9-5-3-6-10-23,24-11-7-4-8-12-24)26-19-15-22(27-2)16-20-26/h3-20H,1-2H3. The van der Waals surface area contributed by atoms with Crippen LogP contribution >= 0.6 is 0 Å². The summed E-state index contributed by atoms with van der Waals surface area (Å²) in [7, 11) is -0.698. The molecule has 0 heterocycles. The minimum atomic E-state index is -2.41. The minimum Gasteiger partial charge on any atom is -0.497 e. The van der Waals surface area contributed by atoms with E-state index in [2.05, 4.69) is 116 Å². The normalized spacial score (nSPS) is 11.2. The number of ether oxygens (including phenoxy) is 1. The molecule has 0 spiro atoms. The minimum absolute atomic E-state index is 0.886. The fourth-order valence-corrected chi connectivity index (χ4v) is 8.74. The molecule has 4 aromatic carbocycles. The van der Waals surface area contributed by atoms with Gasteiger partial charge < -0.3 is 4.74 Å². The summed E-state index contributed by atoms with van der Waals surface area (Å²) in [5.74, 6) is 0.886. The van der Waals surface area contributed by atoms with Crippen molar-refractivity contribution in [2.45, 2.75) is 6.92 Å². The summed E-state index contributed by atoms with van der Waals surface area (Å²) in [4.78, 5) is 0. The van der Waals surface area contributed by atoms with Gasteiger partial charge in [-0.05, 0) is 39.8 Å². The Morgan fingerprint density at radius 2 is 0.893 bits per heavy atom. The molecule has 138 valence electrons. The number of rotatable bonds is 5. The third-order valence-corrected chi connectivity index (χ3v) is 10.2. The van der Waals surface area contributed by atoms with Crippen molar-refractivity contribution < 1.29 is 4.74 Å². The maximum Gasteiger partial charge on any atom is 0.179 e. The second-order valence-electron chi connectivity index (χ2n) is 7.08. The molecule has 2 heteroatoms. The lowest BCUT2D eigenvalue weighted by Gasteiger charge is -2.34. The van der Waals surface area contributed by atoms with Crippen molar-refractivity contribution >= 4 is 28.8 Å². The summed E-state index contributed by atoms with van der Waals surface area (Å²) >= 11 is 0. The number of hydrogen-bond acceptors (Lipinski definition) is 1. The molecule has 28 heavy (non-hydrogen) atoms. The van der Waals surface area contributed by atoms with Crippen molar-refractivity contribution in [3.05, 3.63) is 115 Å². The van der Waals surface area contributed by atoms with E-state index in [1.807, 2.05) is 0 Å². The maximum atomic E-state index is 5.43. The summed E-state index contributed by atoms with van der Waals surface area (Å²) in [5.41, 5.74) is 1.28. The monoisotopic (exact) mass is 380 g/mol. The van der Waals surface area contributed by atoms with Gasteiger partial charge in [-0.15, -0.1) is 0 Å². The van der Waals surface area contributed by atoms with E-state index in [0.717, 1.165) is 5.75 Å². The molecule has 4 aromatic rings. The molecular formula is C26H24OSi. The zero-order valence-corrected chi connectivity index (χ0v) is 17.3. The van der Waals surface area contributed by atoms with E-state index in [1.54, 1.807) is 7.11 Å². The molecular weight excluding hydrogens is 356 g/mol. The van der Waals surface area contributed by atoms with Crippen molar-refractivity contribution in [3.8, 4) is 5.75 Å². The van der Waals surface area contributed by atoms with Crippen molar-refractivity contribution in [2.75, 3.05) is 7.11 Å². The first-order chi connectivity index (χ1) is 13.7. The number of aryl methyl sites for hydroxylation is 1. The van der Waals surface area contributed by atoms with E-state index in [1.165, 1.54) is 26.3 Å². The molecule has 0 radical (unpaired) electrons. The lowest BCUT2D eigenvalue weighted by atomic mass is 10.2. The quantitative estimate of drug-likeness (QED) is 0.381. The molecule has 0 fully saturated rings. The van der Waals surface area contributed by atoms with E-state index >= 15 is 0 Å². The van der Waals surface area contributed by atoms with Gasteiger partial charge >= 0.3 is 0 Å². The lowest BCUT2D eigenvalue weighted by molar-refractivity contribution is 0.415. The van der Waals surface area contributed by atoms with Gasteiger partial charge in [0.15, 0.2) is 8.07 Å². The van der Waals surface area contributed by atoms with Gasteiger partial charge in [0.25, 0.3) is 0 Å². The van der Waals surface area contributed by atoms with Crippen LogP contribution in [0.4, 0.5) is 0 Å². The third-order valence-electron chi connectivity index (χ3n) is 5.42. The highest BCUT2D eigenvalue weighted by Crippen LogP contribution is 2.13. The van der Waals surface area contributed by atoms with Gasteiger partial charge in [-0.1, -0.05) is 103 Å². The smallest absolute Gasteiger partial charge is 0.179 e. The van der Waals surface area contributed by atoms with Crippen molar-refractivity contribution in [1.82, 2.24) is 0 Å². The molecule has 0 amide bonds.